The molecule has 0 atom stereocenters. The second-order valence-corrected chi connectivity index (χ2v) is 3.28. The highest BCUT2D eigenvalue weighted by atomic mass is 32.1. The topological polar surface area (TPSA) is 26.0 Å². The number of anilines is 1. The summed E-state index contributed by atoms with van der Waals surface area (Å²) in [5.41, 5.74) is 3.21. The smallest absolute Gasteiger partial charge is 0.396 e. The summed E-state index contributed by atoms with van der Waals surface area (Å²) in [5, 5.41) is 0. The lowest BCUT2D eigenvalue weighted by Gasteiger charge is -2.14. The summed E-state index contributed by atoms with van der Waals surface area (Å²) < 4.78 is 50.1. The van der Waals surface area contributed by atoms with Crippen LogP contribution < -0.4 is 5.73 Å². The highest BCUT2D eigenvalue weighted by molar-refractivity contribution is 7.80. The normalized spacial score (nSPS) is 11.9. The van der Waals surface area contributed by atoms with E-state index in [2.05, 4.69) is 12.6 Å². The fourth-order valence-corrected chi connectivity index (χ4v) is 1.59. The molecule has 0 aliphatic rings. The number of nitrogens with two attached hydrogens (primary N) is 1. The van der Waals surface area contributed by atoms with Gasteiger partial charge in [0.15, 0.2) is 0 Å². The summed E-state index contributed by atoms with van der Waals surface area (Å²) >= 11 is 3.61. The molecule has 0 aromatic heterocycles. The van der Waals surface area contributed by atoms with E-state index in [9.17, 15) is 17.6 Å². The van der Waals surface area contributed by atoms with Crippen molar-refractivity contribution in [1.29, 1.82) is 0 Å². The lowest BCUT2D eigenvalue weighted by molar-refractivity contribution is -0.140. The monoisotopic (exact) mass is 225 g/mol. The maximum Gasteiger partial charge on any atom is 0.417 e. The highest BCUT2D eigenvalue weighted by Gasteiger charge is 2.36. The number of hydrogen-bond donors (Lipinski definition) is 2. The Morgan fingerprint density at radius 2 is 1.86 bits per heavy atom. The first-order chi connectivity index (χ1) is 6.25. The van der Waals surface area contributed by atoms with Crippen LogP contribution in [0.3, 0.4) is 0 Å². The fourth-order valence-electron chi connectivity index (χ4n) is 1.16. The lowest BCUT2D eigenvalue weighted by Crippen LogP contribution is -2.11. The van der Waals surface area contributed by atoms with Crippen LogP contribution in [-0.4, -0.2) is 0 Å². The van der Waals surface area contributed by atoms with Gasteiger partial charge in [-0.15, -0.1) is 12.6 Å². The first-order valence-corrected chi connectivity index (χ1v) is 4.04. The van der Waals surface area contributed by atoms with Crippen molar-refractivity contribution in [3.8, 4) is 0 Å². The van der Waals surface area contributed by atoms with E-state index < -0.39 is 23.1 Å². The summed E-state index contributed by atoms with van der Waals surface area (Å²) in [4.78, 5) is -0.367. The third-order valence-electron chi connectivity index (χ3n) is 1.79. The molecule has 0 bridgehead atoms. The molecule has 0 aliphatic heterocycles. The zero-order valence-corrected chi connectivity index (χ0v) is 8.01. The van der Waals surface area contributed by atoms with Crippen molar-refractivity contribution >= 4 is 18.3 Å². The molecule has 0 aliphatic carbocycles. The van der Waals surface area contributed by atoms with Crippen LogP contribution in [0.4, 0.5) is 23.2 Å². The highest BCUT2D eigenvalue weighted by Crippen LogP contribution is 2.38. The minimum atomic E-state index is -4.62. The molecule has 1 aromatic carbocycles. The molecule has 0 radical (unpaired) electrons. The summed E-state index contributed by atoms with van der Waals surface area (Å²) in [6.45, 7) is 1.02. The second kappa shape index (κ2) is 3.34. The second-order valence-electron chi connectivity index (χ2n) is 2.80. The van der Waals surface area contributed by atoms with Crippen molar-refractivity contribution in [1.82, 2.24) is 0 Å². The number of thiol groups is 1. The summed E-state index contributed by atoms with van der Waals surface area (Å²) in [5.74, 6) is -1.05. The maximum absolute atomic E-state index is 13.0. The van der Waals surface area contributed by atoms with E-state index in [4.69, 9.17) is 5.73 Å². The molecule has 0 saturated heterocycles. The molecule has 0 heterocycles. The zero-order valence-electron chi connectivity index (χ0n) is 7.11. The van der Waals surface area contributed by atoms with E-state index >= 15 is 0 Å². The Morgan fingerprint density at radius 1 is 1.36 bits per heavy atom. The van der Waals surface area contributed by atoms with Crippen LogP contribution in [0.1, 0.15) is 11.1 Å². The van der Waals surface area contributed by atoms with Gasteiger partial charge in [0.05, 0.1) is 11.3 Å². The van der Waals surface area contributed by atoms with E-state index in [0.717, 1.165) is 13.0 Å². The Labute approximate surface area is 83.3 Å². The predicted octanol–water partition coefficient (Wildman–Crippen LogP) is 3.02. The molecule has 1 aromatic rings. The third-order valence-corrected chi connectivity index (χ3v) is 2.14. The average molecular weight is 225 g/mol. The number of hydrogen-bond acceptors (Lipinski definition) is 2. The molecule has 6 heteroatoms. The van der Waals surface area contributed by atoms with Gasteiger partial charge in [-0.3, -0.25) is 0 Å². The van der Waals surface area contributed by atoms with Crippen LogP contribution in [0.2, 0.25) is 0 Å². The molecule has 0 fully saturated rings. The van der Waals surface area contributed by atoms with Gasteiger partial charge in [-0.05, 0) is 13.0 Å². The Morgan fingerprint density at radius 3 is 2.29 bits per heavy atom. The van der Waals surface area contributed by atoms with Crippen molar-refractivity contribution in [2.45, 2.75) is 18.0 Å². The molecule has 14 heavy (non-hydrogen) atoms. The summed E-state index contributed by atoms with van der Waals surface area (Å²) in [6.07, 6.45) is -4.62. The van der Waals surface area contributed by atoms with Gasteiger partial charge in [0.2, 0.25) is 0 Å². The number of rotatable bonds is 0. The molecule has 0 unspecified atom stereocenters. The molecule has 1 rings (SSSR count). The minimum Gasteiger partial charge on any atom is -0.396 e. The Kier molecular flexibility index (Phi) is 2.67. The quantitative estimate of drug-likeness (QED) is 0.396. The van der Waals surface area contributed by atoms with Crippen LogP contribution >= 0.6 is 12.6 Å². The van der Waals surface area contributed by atoms with E-state index in [-0.39, 0.29) is 10.6 Å². The zero-order chi connectivity index (χ0) is 11.1. The van der Waals surface area contributed by atoms with Crippen molar-refractivity contribution in [3.05, 3.63) is 23.0 Å². The average Bonchev–Trinajstić information content (AvgIpc) is 1.97. The molecule has 1 nitrogen and oxygen atoms in total. The van der Waals surface area contributed by atoms with Gasteiger partial charge in [-0.25, -0.2) is 4.39 Å². The van der Waals surface area contributed by atoms with Crippen molar-refractivity contribution in [3.63, 3.8) is 0 Å². The molecular formula is C8H7F4NS. The Bertz CT molecular complexity index is 373. The molecule has 0 saturated carbocycles. The van der Waals surface area contributed by atoms with Gasteiger partial charge in [-0.2, -0.15) is 13.2 Å². The van der Waals surface area contributed by atoms with Gasteiger partial charge in [0.1, 0.15) is 5.82 Å². The molecule has 0 amide bonds. The van der Waals surface area contributed by atoms with Crippen LogP contribution in [0.15, 0.2) is 11.0 Å². The number of alkyl halides is 3. The SMILES string of the molecule is Cc1c(F)c(N)cc(S)c1C(F)(F)F. The van der Waals surface area contributed by atoms with Crippen LogP contribution in [0.5, 0.6) is 0 Å². The largest absolute Gasteiger partial charge is 0.417 e. The number of benzene rings is 1. The standard InChI is InChI=1S/C8H7F4NS/c1-3-6(8(10,11)12)5(14)2-4(13)7(3)9/h2,14H,13H2,1H3. The van der Waals surface area contributed by atoms with Crippen molar-refractivity contribution in [2.75, 3.05) is 5.73 Å². The maximum atomic E-state index is 13.0. The Balaban J connectivity index is 3.53. The van der Waals surface area contributed by atoms with Gasteiger partial charge in [0, 0.05) is 10.5 Å². The first-order valence-electron chi connectivity index (χ1n) is 3.60. The van der Waals surface area contributed by atoms with Crippen LogP contribution in [0.25, 0.3) is 0 Å². The molecular weight excluding hydrogens is 218 g/mol. The molecule has 0 spiro atoms. The van der Waals surface area contributed by atoms with Gasteiger partial charge < -0.3 is 5.73 Å². The van der Waals surface area contributed by atoms with Gasteiger partial charge in [0.25, 0.3) is 0 Å². The van der Waals surface area contributed by atoms with E-state index in [1.54, 1.807) is 0 Å². The van der Waals surface area contributed by atoms with Crippen molar-refractivity contribution < 1.29 is 17.6 Å². The fraction of sp³-hybridized carbons (Fsp3) is 0.250. The number of nitrogen functional groups attached to an aromatic ring is 1. The van der Waals surface area contributed by atoms with E-state index in [1.165, 1.54) is 0 Å². The minimum absolute atomic E-state index is 0.333. The van der Waals surface area contributed by atoms with Gasteiger partial charge >= 0.3 is 6.18 Å². The number of halogens is 4. The predicted molar refractivity (Wildman–Crippen MR) is 47.8 cm³/mol. The lowest BCUT2D eigenvalue weighted by atomic mass is 10.1. The van der Waals surface area contributed by atoms with Crippen LogP contribution in [-0.2, 0) is 6.18 Å². The van der Waals surface area contributed by atoms with Gasteiger partial charge in [-0.1, -0.05) is 0 Å². The summed E-state index contributed by atoms with van der Waals surface area (Å²) in [6, 6.07) is 0.855. The third kappa shape index (κ3) is 1.79. The van der Waals surface area contributed by atoms with Crippen molar-refractivity contribution in [2.24, 2.45) is 0 Å². The van der Waals surface area contributed by atoms with E-state index in [0.29, 0.717) is 0 Å². The van der Waals surface area contributed by atoms with Crippen LogP contribution in [0, 0.1) is 12.7 Å². The molecule has 2 N–H and O–H groups in total. The Hall–Kier alpha value is -0.910. The molecule has 78 valence electrons. The first kappa shape index (κ1) is 11.2. The summed E-state index contributed by atoms with van der Waals surface area (Å²) in [7, 11) is 0. The van der Waals surface area contributed by atoms with E-state index in [1.807, 2.05) is 0 Å².